The minimum absolute atomic E-state index is 0.00896. The van der Waals surface area contributed by atoms with Gasteiger partial charge in [-0.2, -0.15) is 0 Å². The van der Waals surface area contributed by atoms with Crippen LogP contribution in [-0.4, -0.2) is 46.3 Å². The maximum atomic E-state index is 13.5. The van der Waals surface area contributed by atoms with Crippen LogP contribution in [0.15, 0.2) is 11.8 Å². The van der Waals surface area contributed by atoms with Gasteiger partial charge in [0.1, 0.15) is 12.4 Å². The first-order valence-electron chi connectivity index (χ1n) is 5.52. The second-order valence-corrected chi connectivity index (χ2v) is 4.29. The number of aliphatic hydroxyl groups is 1. The lowest BCUT2D eigenvalue weighted by atomic mass is 10.2. The summed E-state index contributed by atoms with van der Waals surface area (Å²) in [5.41, 5.74) is 6.03. The molecule has 0 bridgehead atoms. The van der Waals surface area contributed by atoms with Crippen molar-refractivity contribution in [3.05, 3.63) is 11.8 Å². The van der Waals surface area contributed by atoms with Crippen LogP contribution in [0.3, 0.4) is 0 Å². The van der Waals surface area contributed by atoms with Crippen molar-refractivity contribution < 1.29 is 19.1 Å². The maximum Gasteiger partial charge on any atom is 0.356 e. The fourth-order valence-corrected chi connectivity index (χ4v) is 1.99. The molecule has 3 N–H and O–H groups in total. The van der Waals surface area contributed by atoms with E-state index in [0.29, 0.717) is 18.4 Å². The average Bonchev–Trinajstić information content (AvgIpc) is 2.79. The Morgan fingerprint density at radius 2 is 2.35 bits per heavy atom. The number of urea groups is 1. The summed E-state index contributed by atoms with van der Waals surface area (Å²) < 4.78 is 18.9. The Morgan fingerprint density at radius 3 is 2.94 bits per heavy atom. The van der Waals surface area contributed by atoms with Gasteiger partial charge in [-0.15, -0.1) is 5.12 Å². The first-order chi connectivity index (χ1) is 8.04. The highest BCUT2D eigenvalue weighted by Crippen LogP contribution is 2.27. The van der Waals surface area contributed by atoms with Crippen LogP contribution in [0.25, 0.3) is 0 Å². The quantitative estimate of drug-likeness (QED) is 0.685. The lowest BCUT2D eigenvalue weighted by Crippen LogP contribution is -2.53. The van der Waals surface area contributed by atoms with Gasteiger partial charge in [0.15, 0.2) is 0 Å². The van der Waals surface area contributed by atoms with Gasteiger partial charge >= 0.3 is 6.03 Å². The van der Waals surface area contributed by atoms with Crippen LogP contribution >= 0.6 is 0 Å². The molecule has 1 unspecified atom stereocenters. The molecule has 17 heavy (non-hydrogen) atoms. The number of aliphatic hydroxyl groups excluding tert-OH is 1. The van der Waals surface area contributed by atoms with Crippen molar-refractivity contribution in [2.45, 2.75) is 38.3 Å². The van der Waals surface area contributed by atoms with Crippen LogP contribution in [0.4, 0.5) is 9.28 Å². The summed E-state index contributed by atoms with van der Waals surface area (Å²) in [6.45, 7) is 1.55. The molecule has 0 aliphatic carbocycles. The molecule has 2 aliphatic rings. The lowest BCUT2D eigenvalue weighted by molar-refractivity contribution is -0.0625. The van der Waals surface area contributed by atoms with Crippen molar-refractivity contribution in [2.75, 3.05) is 6.61 Å². The number of carbonyl (C=O) groups excluding carboxylic acids is 1. The molecule has 1 fully saturated rings. The van der Waals surface area contributed by atoms with E-state index in [1.807, 2.05) is 0 Å². The first kappa shape index (κ1) is 12.3. The Balaban J connectivity index is 2.13. The van der Waals surface area contributed by atoms with Gasteiger partial charge < -0.3 is 15.6 Å². The van der Waals surface area contributed by atoms with Crippen LogP contribution in [-0.2, 0) is 4.74 Å². The van der Waals surface area contributed by atoms with Gasteiger partial charge in [0.2, 0.25) is 0 Å². The highest BCUT2D eigenvalue weighted by Gasteiger charge is 2.38. The fourth-order valence-electron chi connectivity index (χ4n) is 1.99. The van der Waals surface area contributed by atoms with Crippen molar-refractivity contribution in [1.82, 2.24) is 10.0 Å². The standard InChI is InChI=1S/C10H16FN3O3/c1-6-4-13(10(16)14(11)9(6)12)8-3-2-7(5-15)17-8/h4,7-9,15H,2-3,5,12H2,1H3/t7-,8+,9?/m0/s1. The van der Waals surface area contributed by atoms with Crippen LogP contribution in [0.5, 0.6) is 0 Å². The van der Waals surface area contributed by atoms with Gasteiger partial charge in [0.05, 0.1) is 12.7 Å². The predicted octanol–water partition coefficient (Wildman–Crippen LogP) is 0.295. The molecule has 2 rings (SSSR count). The number of ether oxygens (including phenoxy) is 1. The van der Waals surface area contributed by atoms with E-state index in [-0.39, 0.29) is 17.8 Å². The Bertz CT molecular complexity index is 350. The van der Waals surface area contributed by atoms with Crippen molar-refractivity contribution in [3.8, 4) is 0 Å². The van der Waals surface area contributed by atoms with Gasteiger partial charge in [-0.1, -0.05) is 4.48 Å². The zero-order valence-electron chi connectivity index (χ0n) is 9.54. The second kappa shape index (κ2) is 4.59. The monoisotopic (exact) mass is 245 g/mol. The third-order valence-corrected chi connectivity index (χ3v) is 3.06. The second-order valence-electron chi connectivity index (χ2n) is 4.29. The fraction of sp³-hybridized carbons (Fsp3) is 0.700. The number of nitrogens with two attached hydrogens (primary N) is 1. The summed E-state index contributed by atoms with van der Waals surface area (Å²) in [4.78, 5) is 12.9. The zero-order valence-corrected chi connectivity index (χ0v) is 9.54. The molecule has 0 radical (unpaired) electrons. The molecule has 3 atom stereocenters. The zero-order chi connectivity index (χ0) is 12.6. The molecule has 1 saturated heterocycles. The summed E-state index contributed by atoms with van der Waals surface area (Å²) in [6.07, 6.45) is 0.882. The third-order valence-electron chi connectivity index (χ3n) is 3.06. The van der Waals surface area contributed by atoms with Gasteiger partial charge in [-0.3, -0.25) is 4.90 Å². The highest BCUT2D eigenvalue weighted by atomic mass is 19.2. The number of amides is 2. The van der Waals surface area contributed by atoms with Crippen LogP contribution in [0, 0.1) is 0 Å². The molecule has 2 heterocycles. The van der Waals surface area contributed by atoms with E-state index >= 15 is 0 Å². The number of nitrogens with zero attached hydrogens (tertiary/aromatic N) is 2. The molecule has 2 amide bonds. The molecule has 0 aromatic carbocycles. The first-order valence-corrected chi connectivity index (χ1v) is 5.52. The SMILES string of the molecule is CC1=CN([C@H]2CC[C@@H](CO)O2)C(=O)N(F)C1N. The van der Waals surface area contributed by atoms with E-state index in [1.165, 1.54) is 11.1 Å². The number of halogens is 1. The van der Waals surface area contributed by atoms with Crippen LogP contribution < -0.4 is 5.73 Å². The molecule has 0 aromatic rings. The Labute approximate surface area is 98.4 Å². The normalized spacial score (nSPS) is 34.2. The lowest BCUT2D eigenvalue weighted by Gasteiger charge is -2.35. The Hall–Kier alpha value is -1.18. The van der Waals surface area contributed by atoms with Crippen molar-refractivity contribution >= 4 is 6.03 Å². The maximum absolute atomic E-state index is 13.5. The number of hydrogen-bond donors (Lipinski definition) is 2. The van der Waals surface area contributed by atoms with Gasteiger partial charge in [0.25, 0.3) is 0 Å². The Kier molecular flexibility index (Phi) is 3.32. The third kappa shape index (κ3) is 2.13. The summed E-state index contributed by atoms with van der Waals surface area (Å²) in [7, 11) is 0. The van der Waals surface area contributed by atoms with Gasteiger partial charge in [0, 0.05) is 6.20 Å². The number of rotatable bonds is 2. The van der Waals surface area contributed by atoms with E-state index in [9.17, 15) is 9.28 Å². The van der Waals surface area contributed by atoms with E-state index < -0.39 is 18.4 Å². The molecule has 6 nitrogen and oxygen atoms in total. The minimum Gasteiger partial charge on any atom is -0.394 e. The van der Waals surface area contributed by atoms with Gasteiger partial charge in [-0.05, 0) is 25.3 Å². The minimum atomic E-state index is -1.03. The van der Waals surface area contributed by atoms with Crippen molar-refractivity contribution in [3.63, 3.8) is 0 Å². The van der Waals surface area contributed by atoms with E-state index in [0.717, 1.165) is 0 Å². The van der Waals surface area contributed by atoms with E-state index in [2.05, 4.69) is 0 Å². The number of hydrogen-bond acceptors (Lipinski definition) is 4. The van der Waals surface area contributed by atoms with Crippen molar-refractivity contribution in [1.29, 1.82) is 0 Å². The summed E-state index contributed by atoms with van der Waals surface area (Å²) >= 11 is 0. The highest BCUT2D eigenvalue weighted by molar-refractivity contribution is 5.76. The molecular weight excluding hydrogens is 229 g/mol. The molecule has 96 valence electrons. The summed E-state index contributed by atoms with van der Waals surface area (Å²) in [5, 5.41) is 8.94. The Morgan fingerprint density at radius 1 is 1.65 bits per heavy atom. The molecule has 7 heteroatoms. The van der Waals surface area contributed by atoms with Crippen molar-refractivity contribution in [2.24, 2.45) is 5.73 Å². The summed E-state index contributed by atoms with van der Waals surface area (Å²) in [5.74, 6) is 0. The average molecular weight is 245 g/mol. The van der Waals surface area contributed by atoms with Gasteiger partial charge in [-0.25, -0.2) is 4.79 Å². The molecule has 0 saturated carbocycles. The smallest absolute Gasteiger partial charge is 0.356 e. The molecule has 0 spiro atoms. The molecular formula is C10H16FN3O3. The van der Waals surface area contributed by atoms with E-state index in [4.69, 9.17) is 15.6 Å². The topological polar surface area (TPSA) is 79.0 Å². The molecule has 2 aliphatic heterocycles. The number of carbonyl (C=O) groups is 1. The molecule has 0 aromatic heterocycles. The summed E-state index contributed by atoms with van der Waals surface area (Å²) in [6, 6.07) is -0.827. The van der Waals surface area contributed by atoms with E-state index in [1.54, 1.807) is 6.92 Å². The van der Waals surface area contributed by atoms with Crippen LogP contribution in [0.1, 0.15) is 19.8 Å². The predicted molar refractivity (Wildman–Crippen MR) is 56.9 cm³/mol. The largest absolute Gasteiger partial charge is 0.394 e. The van der Waals surface area contributed by atoms with Crippen LogP contribution in [0.2, 0.25) is 0 Å².